The van der Waals surface area contributed by atoms with E-state index in [-0.39, 0.29) is 11.5 Å². The number of aromatic hydroxyl groups is 1. The third-order valence-corrected chi connectivity index (χ3v) is 4.10. The molecule has 0 unspecified atom stereocenters. The maximum Gasteiger partial charge on any atom is 0.209 e. The number of nitriles is 1. The van der Waals surface area contributed by atoms with Gasteiger partial charge in [-0.05, 0) is 29.7 Å². The lowest BCUT2D eigenvalue weighted by molar-refractivity contribution is 0.103. The highest BCUT2D eigenvalue weighted by Gasteiger charge is 2.18. The zero-order valence-electron chi connectivity index (χ0n) is 12.6. The first-order chi connectivity index (χ1) is 11.7. The van der Waals surface area contributed by atoms with E-state index in [1.807, 2.05) is 18.2 Å². The minimum Gasteiger partial charge on any atom is -0.508 e. The number of hydrogen-bond acceptors (Lipinski definition) is 3. The normalized spacial score (nSPS) is 10.8. The van der Waals surface area contributed by atoms with Crippen molar-refractivity contribution in [1.29, 1.82) is 5.26 Å². The second-order valence-corrected chi connectivity index (χ2v) is 5.55. The molecule has 0 amide bonds. The lowest BCUT2D eigenvalue weighted by atomic mass is 10.1. The summed E-state index contributed by atoms with van der Waals surface area (Å²) in [6.45, 7) is 0. The van der Waals surface area contributed by atoms with E-state index in [2.05, 4.69) is 6.07 Å². The first kappa shape index (κ1) is 14.0. The third kappa shape index (κ3) is 2.03. The quantitative estimate of drug-likeness (QED) is 0.571. The van der Waals surface area contributed by atoms with Crippen LogP contribution < -0.4 is 0 Å². The second kappa shape index (κ2) is 5.25. The van der Waals surface area contributed by atoms with E-state index >= 15 is 0 Å². The van der Waals surface area contributed by atoms with Crippen molar-refractivity contribution in [3.8, 4) is 11.8 Å². The fourth-order valence-corrected chi connectivity index (χ4v) is 2.98. The Morgan fingerprint density at radius 2 is 1.71 bits per heavy atom. The highest BCUT2D eigenvalue weighted by molar-refractivity contribution is 6.10. The minimum absolute atomic E-state index is 0.111. The molecule has 2 aromatic heterocycles. The Labute approximate surface area is 137 Å². The van der Waals surface area contributed by atoms with Gasteiger partial charge in [0.1, 0.15) is 11.8 Å². The molecule has 0 saturated carbocycles. The van der Waals surface area contributed by atoms with E-state index in [1.54, 1.807) is 52.9 Å². The maximum absolute atomic E-state index is 12.9. The molecule has 4 rings (SSSR count). The monoisotopic (exact) mass is 312 g/mol. The summed E-state index contributed by atoms with van der Waals surface area (Å²) in [5.41, 5.74) is 2.73. The molecule has 0 fully saturated rings. The zero-order valence-corrected chi connectivity index (χ0v) is 12.6. The summed E-state index contributed by atoms with van der Waals surface area (Å²) in [6, 6.07) is 21.4. The first-order valence-corrected chi connectivity index (χ1v) is 7.46. The predicted octanol–water partition coefficient (Wildman–Crippen LogP) is 3.90. The number of nitrogens with zero attached hydrogens (tertiary/aromatic N) is 2. The summed E-state index contributed by atoms with van der Waals surface area (Å²) in [6.07, 6.45) is 0. The number of carbonyl (C=O) groups excluding carboxylic acids is 1. The van der Waals surface area contributed by atoms with Gasteiger partial charge in [0, 0.05) is 11.6 Å². The van der Waals surface area contributed by atoms with Crippen LogP contribution in [-0.4, -0.2) is 15.3 Å². The smallest absolute Gasteiger partial charge is 0.209 e. The minimum atomic E-state index is -0.164. The molecule has 114 valence electrons. The van der Waals surface area contributed by atoms with Gasteiger partial charge in [-0.1, -0.05) is 36.4 Å². The van der Waals surface area contributed by atoms with Crippen molar-refractivity contribution in [3.05, 3.63) is 83.6 Å². The Morgan fingerprint density at radius 3 is 2.46 bits per heavy atom. The van der Waals surface area contributed by atoms with E-state index in [0.29, 0.717) is 27.9 Å². The Morgan fingerprint density at radius 1 is 0.958 bits per heavy atom. The molecule has 2 aromatic carbocycles. The molecule has 0 aliphatic rings. The number of ketones is 1. The van der Waals surface area contributed by atoms with Crippen molar-refractivity contribution in [2.75, 3.05) is 0 Å². The van der Waals surface area contributed by atoms with Crippen LogP contribution in [0.15, 0.2) is 66.7 Å². The summed E-state index contributed by atoms with van der Waals surface area (Å²) in [7, 11) is 0. The highest BCUT2D eigenvalue weighted by atomic mass is 16.3. The molecule has 4 heteroatoms. The molecule has 4 aromatic rings. The van der Waals surface area contributed by atoms with Crippen molar-refractivity contribution in [2.24, 2.45) is 0 Å². The van der Waals surface area contributed by atoms with Crippen LogP contribution in [0.4, 0.5) is 0 Å². The number of phenolic OH excluding ortho intramolecular Hbond substituents is 1. The van der Waals surface area contributed by atoms with Crippen LogP contribution >= 0.6 is 0 Å². The predicted molar refractivity (Wildman–Crippen MR) is 91.2 cm³/mol. The van der Waals surface area contributed by atoms with Crippen LogP contribution in [0.2, 0.25) is 0 Å². The average molecular weight is 312 g/mol. The fraction of sp³-hybridized carbons (Fsp3) is 0. The molecule has 0 spiro atoms. The number of pyridine rings is 1. The number of hydrogen-bond donors (Lipinski definition) is 1. The molecule has 0 radical (unpaired) electrons. The van der Waals surface area contributed by atoms with E-state index in [4.69, 9.17) is 0 Å². The van der Waals surface area contributed by atoms with Gasteiger partial charge in [-0.3, -0.25) is 4.79 Å². The number of aromatic nitrogens is 1. The van der Waals surface area contributed by atoms with Crippen LogP contribution in [-0.2, 0) is 0 Å². The van der Waals surface area contributed by atoms with Gasteiger partial charge in [0.2, 0.25) is 5.78 Å². The van der Waals surface area contributed by atoms with Gasteiger partial charge in [0.25, 0.3) is 0 Å². The Bertz CT molecular complexity index is 1140. The summed E-state index contributed by atoms with van der Waals surface area (Å²) >= 11 is 0. The second-order valence-electron chi connectivity index (χ2n) is 5.55. The van der Waals surface area contributed by atoms with Crippen molar-refractivity contribution < 1.29 is 9.90 Å². The van der Waals surface area contributed by atoms with E-state index in [9.17, 15) is 15.2 Å². The molecule has 0 aliphatic heterocycles. The highest BCUT2D eigenvalue weighted by Crippen LogP contribution is 2.27. The fourth-order valence-electron chi connectivity index (χ4n) is 2.98. The van der Waals surface area contributed by atoms with E-state index < -0.39 is 0 Å². The standard InChI is InChI=1S/C20H12N2O2/c21-12-15-10-19(20(24)14-4-2-1-3-5-14)22-17(15)9-7-13-6-8-16(23)11-18(13)22/h1-11,23H. The van der Waals surface area contributed by atoms with Crippen LogP contribution in [0.1, 0.15) is 21.6 Å². The van der Waals surface area contributed by atoms with Gasteiger partial charge in [-0.25, -0.2) is 0 Å². The van der Waals surface area contributed by atoms with Crippen LogP contribution in [0.25, 0.3) is 16.4 Å². The molecule has 24 heavy (non-hydrogen) atoms. The largest absolute Gasteiger partial charge is 0.508 e. The van der Waals surface area contributed by atoms with Crippen molar-refractivity contribution in [2.45, 2.75) is 0 Å². The Kier molecular flexibility index (Phi) is 3.07. The number of benzene rings is 2. The number of rotatable bonds is 2. The van der Waals surface area contributed by atoms with Crippen LogP contribution in [0.5, 0.6) is 5.75 Å². The van der Waals surface area contributed by atoms with Crippen molar-refractivity contribution >= 4 is 22.2 Å². The Hall–Kier alpha value is -3.58. The molecule has 0 aliphatic carbocycles. The van der Waals surface area contributed by atoms with Crippen LogP contribution in [0.3, 0.4) is 0 Å². The first-order valence-electron chi connectivity index (χ1n) is 7.46. The molecule has 0 bridgehead atoms. The van der Waals surface area contributed by atoms with Gasteiger partial charge in [0.15, 0.2) is 0 Å². The lowest BCUT2D eigenvalue weighted by Crippen LogP contribution is -2.05. The maximum atomic E-state index is 12.9. The Balaban J connectivity index is 2.10. The summed E-state index contributed by atoms with van der Waals surface area (Å²) in [5, 5.41) is 20.1. The zero-order chi connectivity index (χ0) is 16.7. The average Bonchev–Trinajstić information content (AvgIpc) is 3.01. The van der Waals surface area contributed by atoms with Gasteiger partial charge >= 0.3 is 0 Å². The molecule has 2 heterocycles. The van der Waals surface area contributed by atoms with Gasteiger partial charge in [-0.2, -0.15) is 5.26 Å². The molecule has 1 N–H and O–H groups in total. The topological polar surface area (TPSA) is 65.5 Å². The number of carbonyl (C=O) groups is 1. The molecular formula is C20H12N2O2. The van der Waals surface area contributed by atoms with Gasteiger partial charge in [-0.15, -0.1) is 0 Å². The SMILES string of the molecule is N#Cc1cc(C(=O)c2ccccc2)n2c1ccc1ccc(O)cc12. The van der Waals surface area contributed by atoms with Gasteiger partial charge in [0.05, 0.1) is 22.3 Å². The molecular weight excluding hydrogens is 300 g/mol. The van der Waals surface area contributed by atoms with Gasteiger partial charge < -0.3 is 9.51 Å². The lowest BCUT2D eigenvalue weighted by Gasteiger charge is -2.08. The van der Waals surface area contributed by atoms with Crippen LogP contribution in [0, 0.1) is 11.3 Å². The summed E-state index contributed by atoms with van der Waals surface area (Å²) in [4.78, 5) is 12.9. The van der Waals surface area contributed by atoms with E-state index in [0.717, 1.165) is 5.39 Å². The third-order valence-electron chi connectivity index (χ3n) is 4.10. The molecule has 0 atom stereocenters. The number of fused-ring (bicyclic) bond motifs is 3. The summed E-state index contributed by atoms with van der Waals surface area (Å²) < 4.78 is 1.74. The molecule has 0 saturated heterocycles. The van der Waals surface area contributed by atoms with Crippen molar-refractivity contribution in [3.63, 3.8) is 0 Å². The summed E-state index contributed by atoms with van der Waals surface area (Å²) in [5.74, 6) is -0.0525. The van der Waals surface area contributed by atoms with Crippen molar-refractivity contribution in [1.82, 2.24) is 4.40 Å². The molecule has 4 nitrogen and oxygen atoms in total. The van der Waals surface area contributed by atoms with E-state index in [1.165, 1.54) is 0 Å². The number of phenols is 1.